The van der Waals surface area contributed by atoms with Crippen molar-refractivity contribution in [3.8, 4) is 0 Å². The molecule has 1 heterocycles. The molecule has 0 aliphatic carbocycles. The molecule has 94 valence electrons. The first-order chi connectivity index (χ1) is 9.16. The van der Waals surface area contributed by atoms with Crippen molar-refractivity contribution >= 4 is 11.3 Å². The largest absolute Gasteiger partial charge is 0.355 e. The molecule has 1 aliphatic heterocycles. The van der Waals surface area contributed by atoms with E-state index < -0.39 is 0 Å². The minimum Gasteiger partial charge on any atom is -0.355 e. The fourth-order valence-electron chi connectivity index (χ4n) is 2.56. The van der Waals surface area contributed by atoms with Crippen molar-refractivity contribution in [1.82, 2.24) is 0 Å². The summed E-state index contributed by atoms with van der Waals surface area (Å²) in [5.74, 6) is 0. The second-order valence-corrected chi connectivity index (χ2v) is 5.02. The van der Waals surface area contributed by atoms with E-state index in [9.17, 15) is 0 Å². The van der Waals surface area contributed by atoms with E-state index in [1.165, 1.54) is 27.8 Å². The molecule has 0 unspecified atom stereocenters. The number of benzene rings is 2. The summed E-state index contributed by atoms with van der Waals surface area (Å²) in [6, 6.07) is 17.0. The zero-order chi connectivity index (χ0) is 13.4. The van der Waals surface area contributed by atoms with E-state index in [-0.39, 0.29) is 0 Å². The van der Waals surface area contributed by atoms with E-state index in [2.05, 4.69) is 68.2 Å². The monoisotopic (exact) mass is 247 g/mol. The van der Waals surface area contributed by atoms with Gasteiger partial charge in [-0.2, -0.15) is 0 Å². The average Bonchev–Trinajstić information content (AvgIpc) is 2.42. The van der Waals surface area contributed by atoms with Crippen LogP contribution in [-0.2, 0) is 0 Å². The number of nitrogens with one attached hydrogen (secondary N) is 1. The highest BCUT2D eigenvalue weighted by Gasteiger charge is 2.19. The van der Waals surface area contributed by atoms with Crippen molar-refractivity contribution in [1.29, 1.82) is 0 Å². The number of hydrogen-bond acceptors (Lipinski definition) is 1. The first kappa shape index (κ1) is 11.8. The van der Waals surface area contributed by atoms with Crippen LogP contribution in [0.3, 0.4) is 0 Å². The predicted molar refractivity (Wildman–Crippen MR) is 82.1 cm³/mol. The molecule has 0 atom stereocenters. The summed E-state index contributed by atoms with van der Waals surface area (Å²) in [4.78, 5) is 0. The number of anilines is 1. The molecule has 0 radical (unpaired) electrons. The molecule has 3 rings (SSSR count). The first-order valence-electron chi connectivity index (χ1n) is 6.50. The van der Waals surface area contributed by atoms with Crippen LogP contribution in [-0.4, -0.2) is 0 Å². The molecule has 0 amide bonds. The third kappa shape index (κ3) is 1.97. The molecule has 0 aromatic heterocycles. The Morgan fingerprint density at radius 1 is 0.947 bits per heavy atom. The molecule has 2 aromatic rings. The normalized spacial score (nSPS) is 14.1. The van der Waals surface area contributed by atoms with Crippen LogP contribution in [0.15, 0.2) is 66.4 Å². The molecule has 1 N–H and O–H groups in total. The van der Waals surface area contributed by atoms with Gasteiger partial charge in [-0.15, -0.1) is 0 Å². The SMILES string of the molecule is C=C1Nc2ccc(C)cc2C(c2ccccc2)=C1C. The predicted octanol–water partition coefficient (Wildman–Crippen LogP) is 4.76. The van der Waals surface area contributed by atoms with E-state index in [0.717, 1.165) is 11.4 Å². The Bertz CT molecular complexity index is 678. The summed E-state index contributed by atoms with van der Waals surface area (Å²) in [5.41, 5.74) is 8.39. The van der Waals surface area contributed by atoms with Crippen molar-refractivity contribution < 1.29 is 0 Å². The summed E-state index contributed by atoms with van der Waals surface area (Å²) in [7, 11) is 0. The lowest BCUT2D eigenvalue weighted by atomic mass is 9.88. The smallest absolute Gasteiger partial charge is 0.0464 e. The fraction of sp³-hybridized carbons (Fsp3) is 0.111. The molecule has 0 saturated carbocycles. The average molecular weight is 247 g/mol. The molecule has 0 saturated heterocycles. The molecule has 0 spiro atoms. The third-order valence-electron chi connectivity index (χ3n) is 3.62. The van der Waals surface area contributed by atoms with Gasteiger partial charge in [-0.3, -0.25) is 0 Å². The van der Waals surface area contributed by atoms with Gasteiger partial charge < -0.3 is 5.32 Å². The Kier molecular flexibility index (Phi) is 2.75. The lowest BCUT2D eigenvalue weighted by Crippen LogP contribution is -2.11. The quantitative estimate of drug-likeness (QED) is 0.766. The zero-order valence-corrected chi connectivity index (χ0v) is 11.3. The number of aryl methyl sites for hydroxylation is 1. The van der Waals surface area contributed by atoms with Crippen molar-refractivity contribution in [2.45, 2.75) is 13.8 Å². The van der Waals surface area contributed by atoms with Crippen LogP contribution < -0.4 is 5.32 Å². The van der Waals surface area contributed by atoms with Gasteiger partial charge in [0.05, 0.1) is 0 Å². The molecule has 0 fully saturated rings. The van der Waals surface area contributed by atoms with E-state index >= 15 is 0 Å². The van der Waals surface area contributed by atoms with Gasteiger partial charge in [-0.05, 0) is 42.7 Å². The number of hydrogen-bond donors (Lipinski definition) is 1. The maximum atomic E-state index is 4.12. The topological polar surface area (TPSA) is 12.0 Å². The number of fused-ring (bicyclic) bond motifs is 1. The third-order valence-corrected chi connectivity index (χ3v) is 3.62. The van der Waals surface area contributed by atoms with Crippen LogP contribution in [0.4, 0.5) is 5.69 Å². The van der Waals surface area contributed by atoms with Crippen LogP contribution in [0, 0.1) is 6.92 Å². The standard InChI is InChI=1S/C18H17N/c1-12-9-10-17-16(11-12)18(13(2)14(3)19-17)15-7-5-4-6-8-15/h4-11,19H,3H2,1-2H3. The Hall–Kier alpha value is -2.28. The lowest BCUT2D eigenvalue weighted by molar-refractivity contribution is 1.29. The second-order valence-electron chi connectivity index (χ2n) is 5.02. The highest BCUT2D eigenvalue weighted by molar-refractivity contribution is 5.93. The van der Waals surface area contributed by atoms with Gasteiger partial charge in [0.15, 0.2) is 0 Å². The highest BCUT2D eigenvalue weighted by Crippen LogP contribution is 2.39. The second kappa shape index (κ2) is 4.43. The highest BCUT2D eigenvalue weighted by atomic mass is 14.9. The van der Waals surface area contributed by atoms with E-state index in [0.29, 0.717) is 0 Å². The summed E-state index contributed by atoms with van der Waals surface area (Å²) in [6.45, 7) is 8.38. The molecule has 0 bridgehead atoms. The molecule has 1 aliphatic rings. The van der Waals surface area contributed by atoms with Gasteiger partial charge >= 0.3 is 0 Å². The van der Waals surface area contributed by atoms with Gasteiger partial charge in [0.25, 0.3) is 0 Å². The van der Waals surface area contributed by atoms with Crippen LogP contribution >= 0.6 is 0 Å². The summed E-state index contributed by atoms with van der Waals surface area (Å²) in [6.07, 6.45) is 0. The minimum atomic E-state index is 0.982. The van der Waals surface area contributed by atoms with Crippen LogP contribution in [0.25, 0.3) is 5.57 Å². The van der Waals surface area contributed by atoms with E-state index in [4.69, 9.17) is 0 Å². The van der Waals surface area contributed by atoms with Gasteiger partial charge in [0.2, 0.25) is 0 Å². The molecular weight excluding hydrogens is 230 g/mol. The fourth-order valence-corrected chi connectivity index (χ4v) is 2.56. The number of rotatable bonds is 1. The van der Waals surface area contributed by atoms with Crippen molar-refractivity contribution in [2.24, 2.45) is 0 Å². The van der Waals surface area contributed by atoms with Crippen molar-refractivity contribution in [2.75, 3.05) is 5.32 Å². The number of allylic oxidation sites excluding steroid dienone is 1. The summed E-state index contributed by atoms with van der Waals surface area (Å²) >= 11 is 0. The summed E-state index contributed by atoms with van der Waals surface area (Å²) < 4.78 is 0. The Morgan fingerprint density at radius 2 is 1.68 bits per heavy atom. The Balaban J connectivity index is 2.29. The van der Waals surface area contributed by atoms with Gasteiger partial charge in [-0.25, -0.2) is 0 Å². The maximum absolute atomic E-state index is 4.12. The lowest BCUT2D eigenvalue weighted by Gasteiger charge is -2.25. The van der Waals surface area contributed by atoms with E-state index in [1.54, 1.807) is 0 Å². The van der Waals surface area contributed by atoms with Crippen molar-refractivity contribution in [3.63, 3.8) is 0 Å². The minimum absolute atomic E-state index is 0.982. The van der Waals surface area contributed by atoms with Crippen LogP contribution in [0.1, 0.15) is 23.6 Å². The van der Waals surface area contributed by atoms with Crippen LogP contribution in [0.5, 0.6) is 0 Å². The van der Waals surface area contributed by atoms with Crippen molar-refractivity contribution in [3.05, 3.63) is 83.1 Å². The molecule has 2 aromatic carbocycles. The Labute approximate surface area is 114 Å². The van der Waals surface area contributed by atoms with Gasteiger partial charge in [-0.1, -0.05) is 48.5 Å². The Morgan fingerprint density at radius 3 is 2.42 bits per heavy atom. The van der Waals surface area contributed by atoms with Gasteiger partial charge in [0.1, 0.15) is 0 Å². The molecule has 19 heavy (non-hydrogen) atoms. The first-order valence-corrected chi connectivity index (χ1v) is 6.50. The molecule has 1 nitrogen and oxygen atoms in total. The summed E-state index contributed by atoms with van der Waals surface area (Å²) in [5, 5.41) is 3.38. The van der Waals surface area contributed by atoms with Gasteiger partial charge in [0, 0.05) is 16.9 Å². The van der Waals surface area contributed by atoms with Crippen LogP contribution in [0.2, 0.25) is 0 Å². The molecule has 1 heteroatoms. The molecular formula is C18H17N. The zero-order valence-electron chi connectivity index (χ0n) is 11.3. The van der Waals surface area contributed by atoms with E-state index in [1.807, 2.05) is 6.07 Å². The maximum Gasteiger partial charge on any atom is 0.0464 e.